The molecule has 0 saturated carbocycles. The Morgan fingerprint density at radius 3 is 2.74 bits per heavy atom. The minimum Gasteiger partial charge on any atom is -0.478 e. The standard InChI is InChI=1S/C12H17NO5S/c1-8-11(12(14)15)5-10(18-8)6-13(2)9-3-4-19(16,17)7-9/h5,9H,3-4,6-7H2,1-2H3,(H,14,15). The van der Waals surface area contributed by atoms with Crippen molar-refractivity contribution in [1.29, 1.82) is 0 Å². The SMILES string of the molecule is Cc1oc(CN(C)C2CCS(=O)(=O)C2)cc1C(=O)O. The highest BCUT2D eigenvalue weighted by atomic mass is 32.2. The number of carbonyl (C=O) groups is 1. The Hall–Kier alpha value is -1.34. The van der Waals surface area contributed by atoms with Gasteiger partial charge in [-0.2, -0.15) is 0 Å². The number of nitrogens with zero attached hydrogens (tertiary/aromatic N) is 1. The highest BCUT2D eigenvalue weighted by Crippen LogP contribution is 2.21. The summed E-state index contributed by atoms with van der Waals surface area (Å²) in [6.45, 7) is 2.02. The van der Waals surface area contributed by atoms with Gasteiger partial charge >= 0.3 is 5.97 Å². The van der Waals surface area contributed by atoms with Gasteiger partial charge in [0.2, 0.25) is 0 Å². The molecular weight excluding hydrogens is 270 g/mol. The van der Waals surface area contributed by atoms with Gasteiger partial charge in [0.05, 0.1) is 18.1 Å². The van der Waals surface area contributed by atoms with Crippen LogP contribution >= 0.6 is 0 Å². The van der Waals surface area contributed by atoms with Crippen LogP contribution in [0.25, 0.3) is 0 Å². The molecule has 0 aliphatic carbocycles. The van der Waals surface area contributed by atoms with Crippen LogP contribution in [0.15, 0.2) is 10.5 Å². The van der Waals surface area contributed by atoms with Gasteiger partial charge in [0.1, 0.15) is 17.1 Å². The first-order chi connectivity index (χ1) is 8.78. The van der Waals surface area contributed by atoms with Gasteiger partial charge in [-0.3, -0.25) is 4.90 Å². The third-order valence-electron chi connectivity index (χ3n) is 3.44. The number of aryl methyl sites for hydroxylation is 1. The van der Waals surface area contributed by atoms with Crippen LogP contribution in [0.3, 0.4) is 0 Å². The zero-order valence-electron chi connectivity index (χ0n) is 10.9. The van der Waals surface area contributed by atoms with Gasteiger partial charge in [0.25, 0.3) is 0 Å². The molecule has 0 radical (unpaired) electrons. The van der Waals surface area contributed by atoms with Crippen LogP contribution in [-0.4, -0.2) is 49.0 Å². The van der Waals surface area contributed by atoms with Crippen molar-refractivity contribution in [3.8, 4) is 0 Å². The average molecular weight is 287 g/mol. The molecule has 6 nitrogen and oxygen atoms in total. The van der Waals surface area contributed by atoms with Gasteiger partial charge in [-0.15, -0.1) is 0 Å². The summed E-state index contributed by atoms with van der Waals surface area (Å²) >= 11 is 0. The van der Waals surface area contributed by atoms with Gasteiger partial charge in [0, 0.05) is 6.04 Å². The molecule has 1 aromatic heterocycles. The minimum absolute atomic E-state index is 0.0244. The summed E-state index contributed by atoms with van der Waals surface area (Å²) in [7, 11) is -1.09. The van der Waals surface area contributed by atoms with Crippen molar-refractivity contribution >= 4 is 15.8 Å². The molecule has 2 rings (SSSR count). The van der Waals surface area contributed by atoms with Gasteiger partial charge in [0.15, 0.2) is 9.84 Å². The van der Waals surface area contributed by atoms with E-state index in [9.17, 15) is 13.2 Å². The zero-order chi connectivity index (χ0) is 14.2. The lowest BCUT2D eigenvalue weighted by Gasteiger charge is -2.21. The first-order valence-electron chi connectivity index (χ1n) is 6.02. The third kappa shape index (κ3) is 3.16. The fourth-order valence-corrected chi connectivity index (χ4v) is 4.14. The van der Waals surface area contributed by atoms with E-state index in [4.69, 9.17) is 9.52 Å². The molecular formula is C12H17NO5S. The minimum atomic E-state index is -2.92. The van der Waals surface area contributed by atoms with Crippen LogP contribution in [0.2, 0.25) is 0 Å². The Morgan fingerprint density at radius 2 is 2.26 bits per heavy atom. The van der Waals surface area contributed by atoms with Crippen molar-refractivity contribution < 1.29 is 22.7 Å². The topological polar surface area (TPSA) is 87.8 Å². The summed E-state index contributed by atoms with van der Waals surface area (Å²) in [4.78, 5) is 12.8. The van der Waals surface area contributed by atoms with E-state index in [0.717, 1.165) is 0 Å². The Kier molecular flexibility index (Phi) is 3.69. The maximum atomic E-state index is 11.4. The molecule has 1 fully saturated rings. The van der Waals surface area contributed by atoms with E-state index in [0.29, 0.717) is 24.5 Å². The number of rotatable bonds is 4. The normalized spacial score (nSPS) is 21.9. The highest BCUT2D eigenvalue weighted by Gasteiger charge is 2.31. The van der Waals surface area contributed by atoms with E-state index in [1.54, 1.807) is 6.92 Å². The molecule has 0 amide bonds. The monoisotopic (exact) mass is 287 g/mol. The molecule has 1 N–H and O–H groups in total. The second-order valence-electron chi connectivity index (χ2n) is 4.96. The quantitative estimate of drug-likeness (QED) is 0.885. The maximum absolute atomic E-state index is 11.4. The van der Waals surface area contributed by atoms with Crippen molar-refractivity contribution in [2.45, 2.75) is 25.9 Å². The fraction of sp³-hybridized carbons (Fsp3) is 0.583. The zero-order valence-corrected chi connectivity index (χ0v) is 11.7. The Balaban J connectivity index is 2.05. The summed E-state index contributed by atoms with van der Waals surface area (Å²) in [6.07, 6.45) is 0.615. The smallest absolute Gasteiger partial charge is 0.339 e. The van der Waals surface area contributed by atoms with Gasteiger partial charge < -0.3 is 9.52 Å². The Morgan fingerprint density at radius 1 is 1.58 bits per heavy atom. The average Bonchev–Trinajstić information content (AvgIpc) is 2.81. The largest absolute Gasteiger partial charge is 0.478 e. The number of carboxylic acid groups (broad SMARTS) is 1. The van der Waals surface area contributed by atoms with Crippen LogP contribution in [0.1, 0.15) is 28.3 Å². The van der Waals surface area contributed by atoms with Crippen LogP contribution in [-0.2, 0) is 16.4 Å². The maximum Gasteiger partial charge on any atom is 0.339 e. The second kappa shape index (κ2) is 4.97. The molecule has 2 heterocycles. The first-order valence-corrected chi connectivity index (χ1v) is 7.84. The third-order valence-corrected chi connectivity index (χ3v) is 5.19. The Labute approximate surface area is 111 Å². The number of hydrogen-bond acceptors (Lipinski definition) is 5. The van der Waals surface area contributed by atoms with Crippen LogP contribution in [0, 0.1) is 6.92 Å². The number of hydrogen-bond donors (Lipinski definition) is 1. The van der Waals surface area contributed by atoms with Crippen molar-refractivity contribution in [3.63, 3.8) is 0 Å². The molecule has 0 aromatic carbocycles. The predicted molar refractivity (Wildman–Crippen MR) is 68.9 cm³/mol. The lowest BCUT2D eigenvalue weighted by Crippen LogP contribution is -2.31. The molecule has 1 saturated heterocycles. The van der Waals surface area contributed by atoms with E-state index in [2.05, 4.69) is 0 Å². The predicted octanol–water partition coefficient (Wildman–Crippen LogP) is 0.905. The van der Waals surface area contributed by atoms with E-state index < -0.39 is 15.8 Å². The molecule has 1 aromatic rings. The number of carboxylic acids is 1. The Bertz CT molecular complexity index is 589. The summed E-state index contributed by atoms with van der Waals surface area (Å²) in [6, 6.07) is 1.47. The molecule has 0 spiro atoms. The molecule has 1 atom stereocenters. The summed E-state index contributed by atoms with van der Waals surface area (Å²) in [5.74, 6) is 0.282. The van der Waals surface area contributed by atoms with Crippen molar-refractivity contribution in [3.05, 3.63) is 23.2 Å². The van der Waals surface area contributed by atoms with E-state index >= 15 is 0 Å². The highest BCUT2D eigenvalue weighted by molar-refractivity contribution is 7.91. The van der Waals surface area contributed by atoms with Gasteiger partial charge in [-0.25, -0.2) is 13.2 Å². The molecule has 7 heteroatoms. The molecule has 1 aliphatic rings. The van der Waals surface area contributed by atoms with E-state index in [1.165, 1.54) is 6.07 Å². The molecule has 0 bridgehead atoms. The first kappa shape index (κ1) is 14.1. The van der Waals surface area contributed by atoms with Crippen LogP contribution in [0.5, 0.6) is 0 Å². The van der Waals surface area contributed by atoms with E-state index in [-0.39, 0.29) is 23.1 Å². The van der Waals surface area contributed by atoms with Crippen LogP contribution < -0.4 is 0 Å². The molecule has 1 aliphatic heterocycles. The van der Waals surface area contributed by atoms with Crippen molar-refractivity contribution in [2.75, 3.05) is 18.6 Å². The van der Waals surface area contributed by atoms with Gasteiger partial charge in [-0.1, -0.05) is 0 Å². The number of aromatic carboxylic acids is 1. The lowest BCUT2D eigenvalue weighted by molar-refractivity contribution is 0.0695. The lowest BCUT2D eigenvalue weighted by atomic mass is 10.2. The summed E-state index contributed by atoms with van der Waals surface area (Å²) in [5, 5.41) is 8.94. The summed E-state index contributed by atoms with van der Waals surface area (Å²) in [5.41, 5.74) is 0.155. The number of furan rings is 1. The van der Waals surface area contributed by atoms with Gasteiger partial charge in [-0.05, 0) is 26.5 Å². The van der Waals surface area contributed by atoms with E-state index in [1.807, 2.05) is 11.9 Å². The van der Waals surface area contributed by atoms with Crippen molar-refractivity contribution in [2.24, 2.45) is 0 Å². The fourth-order valence-electron chi connectivity index (χ4n) is 2.33. The molecule has 106 valence electrons. The van der Waals surface area contributed by atoms with Crippen LogP contribution in [0.4, 0.5) is 0 Å². The number of sulfone groups is 1. The summed E-state index contributed by atoms with van der Waals surface area (Å²) < 4.78 is 28.2. The second-order valence-corrected chi connectivity index (χ2v) is 7.19. The van der Waals surface area contributed by atoms with Crippen molar-refractivity contribution in [1.82, 2.24) is 4.90 Å². The molecule has 1 unspecified atom stereocenters. The molecule has 19 heavy (non-hydrogen) atoms.